The first-order chi connectivity index (χ1) is 9.20. The first kappa shape index (κ1) is 16.9. The highest BCUT2D eigenvalue weighted by Gasteiger charge is 2.27. The number of carbonyl (C=O) groups excluding carboxylic acids is 1. The molecule has 1 aliphatic carbocycles. The average Bonchev–Trinajstić information content (AvgIpc) is 2.91. The highest BCUT2D eigenvalue weighted by molar-refractivity contribution is 5.85. The standard InChI is InChI=1S/C15H21FN2O.ClH/c16-13-7-5-12(6-8-13)15(11-3-1-2-4-11)18-14(19)9-10-17;/h5-8,11,15H,1-4,9-10,17H2,(H,18,19);1H. The molecule has 0 saturated heterocycles. The zero-order chi connectivity index (χ0) is 13.7. The second-order valence-corrected chi connectivity index (χ2v) is 5.18. The molecular weight excluding hydrogens is 279 g/mol. The van der Waals surface area contributed by atoms with E-state index in [1.54, 1.807) is 12.1 Å². The third kappa shape index (κ3) is 4.46. The third-order valence-corrected chi connectivity index (χ3v) is 3.79. The third-order valence-electron chi connectivity index (χ3n) is 3.79. The maximum atomic E-state index is 13.0. The van der Waals surface area contributed by atoms with Crippen LogP contribution in [0.15, 0.2) is 24.3 Å². The molecule has 1 aliphatic rings. The van der Waals surface area contributed by atoms with Crippen LogP contribution in [-0.4, -0.2) is 12.5 Å². The number of amides is 1. The lowest BCUT2D eigenvalue weighted by Gasteiger charge is -2.25. The number of nitrogens with two attached hydrogens (primary N) is 1. The number of hydrogen-bond acceptors (Lipinski definition) is 2. The fourth-order valence-electron chi connectivity index (χ4n) is 2.81. The largest absolute Gasteiger partial charge is 0.349 e. The molecule has 1 fully saturated rings. The molecule has 1 saturated carbocycles. The van der Waals surface area contributed by atoms with Gasteiger partial charge < -0.3 is 11.1 Å². The van der Waals surface area contributed by atoms with Crippen molar-refractivity contribution in [2.45, 2.75) is 38.1 Å². The predicted octanol–water partition coefficient (Wildman–Crippen LogP) is 2.94. The van der Waals surface area contributed by atoms with Gasteiger partial charge in [-0.25, -0.2) is 4.39 Å². The Hall–Kier alpha value is -1.13. The van der Waals surface area contributed by atoms with Gasteiger partial charge >= 0.3 is 0 Å². The molecule has 0 radical (unpaired) electrons. The summed E-state index contributed by atoms with van der Waals surface area (Å²) in [5, 5.41) is 3.05. The fraction of sp³-hybridized carbons (Fsp3) is 0.533. The predicted molar refractivity (Wildman–Crippen MR) is 80.2 cm³/mol. The Balaban J connectivity index is 0.00000200. The average molecular weight is 301 g/mol. The zero-order valence-electron chi connectivity index (χ0n) is 11.5. The van der Waals surface area contributed by atoms with Crippen molar-refractivity contribution in [3.63, 3.8) is 0 Å². The van der Waals surface area contributed by atoms with Gasteiger partial charge in [-0.1, -0.05) is 25.0 Å². The molecule has 1 amide bonds. The molecule has 0 heterocycles. The SMILES string of the molecule is Cl.NCCC(=O)NC(c1ccc(F)cc1)C1CCCC1. The summed E-state index contributed by atoms with van der Waals surface area (Å²) < 4.78 is 13.0. The van der Waals surface area contributed by atoms with Gasteiger partial charge in [0.05, 0.1) is 6.04 Å². The van der Waals surface area contributed by atoms with Gasteiger partial charge in [0.25, 0.3) is 0 Å². The minimum Gasteiger partial charge on any atom is -0.349 e. The van der Waals surface area contributed by atoms with Crippen LogP contribution >= 0.6 is 12.4 Å². The zero-order valence-corrected chi connectivity index (χ0v) is 12.3. The van der Waals surface area contributed by atoms with Crippen molar-refractivity contribution in [1.29, 1.82) is 0 Å². The van der Waals surface area contributed by atoms with Crippen LogP contribution in [0.2, 0.25) is 0 Å². The van der Waals surface area contributed by atoms with E-state index >= 15 is 0 Å². The number of halogens is 2. The van der Waals surface area contributed by atoms with E-state index in [1.165, 1.54) is 25.0 Å². The molecule has 5 heteroatoms. The Kier molecular flexibility index (Phi) is 6.96. The summed E-state index contributed by atoms with van der Waals surface area (Å²) in [5.41, 5.74) is 6.39. The van der Waals surface area contributed by atoms with E-state index in [9.17, 15) is 9.18 Å². The van der Waals surface area contributed by atoms with Crippen LogP contribution in [0.3, 0.4) is 0 Å². The molecule has 3 nitrogen and oxygen atoms in total. The van der Waals surface area contributed by atoms with Gasteiger partial charge in [0.1, 0.15) is 5.82 Å². The molecular formula is C15H22ClFN2O. The quantitative estimate of drug-likeness (QED) is 0.878. The number of rotatable bonds is 5. The second-order valence-electron chi connectivity index (χ2n) is 5.18. The molecule has 2 rings (SSSR count). The summed E-state index contributed by atoms with van der Waals surface area (Å²) >= 11 is 0. The summed E-state index contributed by atoms with van der Waals surface area (Å²) in [6.07, 6.45) is 4.98. The molecule has 0 aliphatic heterocycles. The maximum absolute atomic E-state index is 13.0. The molecule has 1 aromatic carbocycles. The minimum absolute atomic E-state index is 0. The Morgan fingerprint density at radius 3 is 2.45 bits per heavy atom. The first-order valence-corrected chi connectivity index (χ1v) is 6.95. The molecule has 1 aromatic rings. The summed E-state index contributed by atoms with van der Waals surface area (Å²) in [4.78, 5) is 11.8. The van der Waals surface area contributed by atoms with Crippen LogP contribution in [-0.2, 0) is 4.79 Å². The lowest BCUT2D eigenvalue weighted by molar-refractivity contribution is -0.122. The van der Waals surface area contributed by atoms with Crippen LogP contribution in [0, 0.1) is 11.7 Å². The van der Waals surface area contributed by atoms with Crippen LogP contribution in [0.1, 0.15) is 43.7 Å². The molecule has 0 spiro atoms. The van der Waals surface area contributed by atoms with Crippen LogP contribution < -0.4 is 11.1 Å². The Bertz CT molecular complexity index is 418. The number of nitrogens with one attached hydrogen (secondary N) is 1. The highest BCUT2D eigenvalue weighted by Crippen LogP contribution is 2.35. The maximum Gasteiger partial charge on any atom is 0.221 e. The first-order valence-electron chi connectivity index (χ1n) is 6.95. The fourth-order valence-corrected chi connectivity index (χ4v) is 2.81. The summed E-state index contributed by atoms with van der Waals surface area (Å²) in [6, 6.07) is 6.42. The lowest BCUT2D eigenvalue weighted by atomic mass is 9.91. The van der Waals surface area contributed by atoms with Crippen molar-refractivity contribution < 1.29 is 9.18 Å². The van der Waals surface area contributed by atoms with E-state index in [2.05, 4.69) is 5.32 Å². The summed E-state index contributed by atoms with van der Waals surface area (Å²) in [6.45, 7) is 0.354. The van der Waals surface area contributed by atoms with Gasteiger partial charge in [-0.3, -0.25) is 4.79 Å². The molecule has 0 bridgehead atoms. The molecule has 20 heavy (non-hydrogen) atoms. The van der Waals surface area contributed by atoms with Gasteiger partial charge in [0, 0.05) is 13.0 Å². The Morgan fingerprint density at radius 1 is 1.30 bits per heavy atom. The van der Waals surface area contributed by atoms with Crippen molar-refractivity contribution >= 4 is 18.3 Å². The summed E-state index contributed by atoms with van der Waals surface area (Å²) in [5.74, 6) is 0.179. The Morgan fingerprint density at radius 2 is 1.90 bits per heavy atom. The Labute approximate surface area is 125 Å². The second kappa shape index (κ2) is 8.22. The summed E-state index contributed by atoms with van der Waals surface area (Å²) in [7, 11) is 0. The van der Waals surface area contributed by atoms with Gasteiger partial charge in [0.2, 0.25) is 5.91 Å². The molecule has 1 unspecified atom stereocenters. The van der Waals surface area contributed by atoms with Crippen LogP contribution in [0.5, 0.6) is 0 Å². The van der Waals surface area contributed by atoms with Crippen LogP contribution in [0.25, 0.3) is 0 Å². The van der Waals surface area contributed by atoms with E-state index in [0.29, 0.717) is 18.9 Å². The molecule has 112 valence electrons. The number of benzene rings is 1. The van der Waals surface area contributed by atoms with E-state index in [-0.39, 0.29) is 30.2 Å². The number of carbonyl (C=O) groups is 1. The molecule has 1 atom stereocenters. The van der Waals surface area contributed by atoms with Crippen LogP contribution in [0.4, 0.5) is 4.39 Å². The lowest BCUT2D eigenvalue weighted by Crippen LogP contribution is -2.33. The number of hydrogen-bond donors (Lipinski definition) is 2. The van der Waals surface area contributed by atoms with Gasteiger partial charge in [-0.05, 0) is 36.5 Å². The normalized spacial score (nSPS) is 16.5. The molecule has 0 aromatic heterocycles. The van der Waals surface area contributed by atoms with Crippen molar-refractivity contribution in [3.8, 4) is 0 Å². The highest BCUT2D eigenvalue weighted by atomic mass is 35.5. The van der Waals surface area contributed by atoms with Crippen molar-refractivity contribution in [2.24, 2.45) is 11.7 Å². The van der Waals surface area contributed by atoms with Crippen molar-refractivity contribution in [1.82, 2.24) is 5.32 Å². The van der Waals surface area contributed by atoms with E-state index in [4.69, 9.17) is 5.73 Å². The monoisotopic (exact) mass is 300 g/mol. The van der Waals surface area contributed by atoms with E-state index in [1.807, 2.05) is 0 Å². The van der Waals surface area contributed by atoms with E-state index in [0.717, 1.165) is 18.4 Å². The molecule has 3 N–H and O–H groups in total. The van der Waals surface area contributed by atoms with Crippen molar-refractivity contribution in [2.75, 3.05) is 6.54 Å². The van der Waals surface area contributed by atoms with Gasteiger partial charge in [-0.15, -0.1) is 12.4 Å². The van der Waals surface area contributed by atoms with Gasteiger partial charge in [-0.2, -0.15) is 0 Å². The smallest absolute Gasteiger partial charge is 0.221 e. The van der Waals surface area contributed by atoms with Gasteiger partial charge in [0.15, 0.2) is 0 Å². The topological polar surface area (TPSA) is 55.1 Å². The minimum atomic E-state index is -0.248. The van der Waals surface area contributed by atoms with E-state index < -0.39 is 0 Å². The van der Waals surface area contributed by atoms with Crippen molar-refractivity contribution in [3.05, 3.63) is 35.6 Å².